The number of hydrogen-bond donors (Lipinski definition) is 4. The fraction of sp³-hybridized carbons (Fsp3) is 0.292. The number of carbonyl (C=O) groups is 2. The molecule has 0 unspecified atom stereocenters. The van der Waals surface area contributed by atoms with E-state index in [1.807, 2.05) is 13.8 Å². The second-order valence-corrected chi connectivity index (χ2v) is 9.20. The highest BCUT2D eigenvalue weighted by Gasteiger charge is 2.26. The van der Waals surface area contributed by atoms with E-state index in [9.17, 15) is 24.3 Å². The molecule has 35 heavy (non-hydrogen) atoms. The molecule has 2 aromatic carbocycles. The van der Waals surface area contributed by atoms with Gasteiger partial charge in [0.2, 0.25) is 0 Å². The maximum Gasteiger partial charge on any atom is 0.326 e. The lowest BCUT2D eigenvalue weighted by molar-refractivity contribution is -0.137. The molecule has 11 heteroatoms. The summed E-state index contributed by atoms with van der Waals surface area (Å²) in [6.07, 6.45) is 3.52. The number of hydrogen-bond acceptors (Lipinski definition) is 7. The van der Waals surface area contributed by atoms with Gasteiger partial charge in [-0.3, -0.25) is 19.4 Å². The number of halogens is 2. The number of amides is 1. The van der Waals surface area contributed by atoms with Gasteiger partial charge >= 0.3 is 5.97 Å². The normalized spacial score (nSPS) is 11.9. The van der Waals surface area contributed by atoms with E-state index >= 15 is 0 Å². The Labute approximate surface area is 211 Å². The molecule has 1 atom stereocenters. The topological polar surface area (TPSA) is 137 Å². The Morgan fingerprint density at radius 3 is 2.14 bits per heavy atom. The summed E-state index contributed by atoms with van der Waals surface area (Å²) in [5, 5.41) is 18.3. The molecule has 0 radical (unpaired) electrons. The number of rotatable bonds is 11. The number of aliphatic carboxylic acids is 1. The molecule has 4 N–H and O–H groups in total. The molecule has 0 aliphatic heterocycles. The van der Waals surface area contributed by atoms with Crippen LogP contribution < -0.4 is 26.8 Å². The third kappa shape index (κ3) is 6.37. The third-order valence-electron chi connectivity index (χ3n) is 5.30. The van der Waals surface area contributed by atoms with Crippen LogP contribution in [0, 0.1) is 5.92 Å². The Morgan fingerprint density at radius 1 is 0.971 bits per heavy atom. The summed E-state index contributed by atoms with van der Waals surface area (Å²) in [6, 6.07) is 5.11. The Balaban J connectivity index is 1.68. The summed E-state index contributed by atoms with van der Waals surface area (Å²) >= 11 is 12.1. The zero-order valence-electron chi connectivity index (χ0n) is 19.0. The zero-order chi connectivity index (χ0) is 25.7. The maximum absolute atomic E-state index is 12.5. The van der Waals surface area contributed by atoms with Crippen LogP contribution in [0.5, 0.6) is 0 Å². The van der Waals surface area contributed by atoms with Crippen LogP contribution in [-0.4, -0.2) is 34.6 Å². The van der Waals surface area contributed by atoms with Gasteiger partial charge in [0.15, 0.2) is 0 Å². The van der Waals surface area contributed by atoms with E-state index in [1.165, 1.54) is 24.5 Å². The van der Waals surface area contributed by atoms with Gasteiger partial charge in [-0.25, -0.2) is 4.79 Å². The number of pyridine rings is 1. The van der Waals surface area contributed by atoms with Crippen molar-refractivity contribution in [2.24, 2.45) is 5.92 Å². The van der Waals surface area contributed by atoms with Crippen molar-refractivity contribution in [2.45, 2.75) is 32.7 Å². The standard InChI is InChI=1S/C24H24Cl2N4O5/c1-12(2)7-8-28-19-20(22(32)21(19)31)29-17(24(34)35)9-13-3-5-14(6-4-13)23(33)30-18-15(25)10-27-11-16(18)26/h3-6,10-12,17,28-29H,7-9H2,1-2H3,(H,34,35)(H,27,30,33)/t17-/m0/s1. The Kier molecular flexibility index (Phi) is 8.48. The summed E-state index contributed by atoms with van der Waals surface area (Å²) in [6.45, 7) is 4.55. The van der Waals surface area contributed by atoms with Gasteiger partial charge in [0, 0.05) is 30.9 Å². The first-order valence-electron chi connectivity index (χ1n) is 10.8. The molecule has 9 nitrogen and oxygen atoms in total. The van der Waals surface area contributed by atoms with E-state index in [2.05, 4.69) is 20.9 Å². The SMILES string of the molecule is CC(C)CCNc1c(N[C@@H](Cc2ccc(C(=O)Nc3c(Cl)cncc3Cl)cc2)C(=O)O)c(=O)c1=O. The Morgan fingerprint density at radius 2 is 1.57 bits per heavy atom. The molecule has 0 saturated heterocycles. The van der Waals surface area contributed by atoms with Crippen LogP contribution in [0.2, 0.25) is 10.0 Å². The van der Waals surface area contributed by atoms with Crippen LogP contribution >= 0.6 is 23.2 Å². The van der Waals surface area contributed by atoms with Gasteiger partial charge in [0.1, 0.15) is 17.4 Å². The highest BCUT2D eigenvalue weighted by Crippen LogP contribution is 2.29. The predicted molar refractivity (Wildman–Crippen MR) is 137 cm³/mol. The lowest BCUT2D eigenvalue weighted by Crippen LogP contribution is -2.42. The van der Waals surface area contributed by atoms with Gasteiger partial charge < -0.3 is 21.1 Å². The number of carbonyl (C=O) groups excluding carboxylic acids is 1. The molecule has 0 aliphatic rings. The van der Waals surface area contributed by atoms with Crippen LogP contribution in [0.1, 0.15) is 36.2 Å². The second-order valence-electron chi connectivity index (χ2n) is 8.39. The van der Waals surface area contributed by atoms with Crippen molar-refractivity contribution in [3.05, 3.63) is 78.3 Å². The van der Waals surface area contributed by atoms with Crippen molar-refractivity contribution in [3.8, 4) is 0 Å². The van der Waals surface area contributed by atoms with Gasteiger partial charge in [0.05, 0.1) is 15.7 Å². The van der Waals surface area contributed by atoms with Crippen molar-refractivity contribution in [1.29, 1.82) is 0 Å². The lowest BCUT2D eigenvalue weighted by atomic mass is 10.0. The van der Waals surface area contributed by atoms with E-state index in [4.69, 9.17) is 23.2 Å². The van der Waals surface area contributed by atoms with Crippen LogP contribution in [-0.2, 0) is 11.2 Å². The smallest absolute Gasteiger partial charge is 0.326 e. The third-order valence-corrected chi connectivity index (χ3v) is 5.87. The zero-order valence-corrected chi connectivity index (χ0v) is 20.5. The first kappa shape index (κ1) is 26.2. The molecule has 0 bridgehead atoms. The van der Waals surface area contributed by atoms with Gasteiger partial charge in [-0.2, -0.15) is 0 Å². The van der Waals surface area contributed by atoms with Gasteiger partial charge in [0.25, 0.3) is 16.8 Å². The van der Waals surface area contributed by atoms with Crippen molar-refractivity contribution >= 4 is 52.1 Å². The number of anilines is 3. The molecule has 1 aromatic heterocycles. The largest absolute Gasteiger partial charge is 0.480 e. The minimum absolute atomic E-state index is 0.0173. The number of nitrogens with zero attached hydrogens (tertiary/aromatic N) is 1. The minimum atomic E-state index is -1.19. The molecule has 0 saturated carbocycles. The van der Waals surface area contributed by atoms with Crippen LogP contribution in [0.3, 0.4) is 0 Å². The number of carboxylic acids is 1. The van der Waals surface area contributed by atoms with Crippen LogP contribution in [0.4, 0.5) is 17.1 Å². The van der Waals surface area contributed by atoms with Crippen molar-refractivity contribution in [2.75, 3.05) is 22.5 Å². The second kappa shape index (κ2) is 11.3. The average molecular weight is 519 g/mol. The van der Waals surface area contributed by atoms with E-state index in [-0.39, 0.29) is 33.5 Å². The van der Waals surface area contributed by atoms with Gasteiger partial charge in [-0.1, -0.05) is 49.2 Å². The van der Waals surface area contributed by atoms with E-state index in [0.717, 1.165) is 6.42 Å². The molecule has 3 rings (SSSR count). The first-order chi connectivity index (χ1) is 16.6. The number of aromatic nitrogens is 1. The first-order valence-corrected chi connectivity index (χ1v) is 11.6. The van der Waals surface area contributed by atoms with E-state index in [0.29, 0.717) is 23.6 Å². The number of carboxylic acid groups (broad SMARTS) is 1. The molecule has 0 fully saturated rings. The molecule has 3 aromatic rings. The molecule has 1 amide bonds. The molecular formula is C24H24Cl2N4O5. The summed E-state index contributed by atoms with van der Waals surface area (Å²) in [5.41, 5.74) is -0.172. The molecule has 0 aliphatic carbocycles. The highest BCUT2D eigenvalue weighted by atomic mass is 35.5. The van der Waals surface area contributed by atoms with Crippen LogP contribution in [0.15, 0.2) is 46.2 Å². The summed E-state index contributed by atoms with van der Waals surface area (Å²) in [7, 11) is 0. The molecular weight excluding hydrogens is 495 g/mol. The Bertz CT molecular complexity index is 1280. The van der Waals surface area contributed by atoms with Gasteiger partial charge in [-0.15, -0.1) is 0 Å². The summed E-state index contributed by atoms with van der Waals surface area (Å²) in [5.74, 6) is -1.24. The highest BCUT2D eigenvalue weighted by molar-refractivity contribution is 6.39. The summed E-state index contributed by atoms with van der Waals surface area (Å²) in [4.78, 5) is 52.1. The number of benzene rings is 1. The van der Waals surface area contributed by atoms with Crippen molar-refractivity contribution < 1.29 is 14.7 Å². The fourth-order valence-electron chi connectivity index (χ4n) is 3.30. The molecule has 1 heterocycles. The van der Waals surface area contributed by atoms with Gasteiger partial charge in [-0.05, 0) is 30.0 Å². The quantitative estimate of drug-likeness (QED) is 0.281. The van der Waals surface area contributed by atoms with Crippen molar-refractivity contribution in [1.82, 2.24) is 4.98 Å². The summed E-state index contributed by atoms with van der Waals surface area (Å²) < 4.78 is 0. The number of nitrogens with one attached hydrogen (secondary N) is 3. The maximum atomic E-state index is 12.5. The van der Waals surface area contributed by atoms with Crippen LogP contribution in [0.25, 0.3) is 0 Å². The predicted octanol–water partition coefficient (Wildman–Crippen LogP) is 3.80. The lowest BCUT2D eigenvalue weighted by Gasteiger charge is -2.20. The Hall–Kier alpha value is -3.43. The average Bonchev–Trinajstić information content (AvgIpc) is 2.82. The van der Waals surface area contributed by atoms with E-state index < -0.39 is 28.8 Å². The van der Waals surface area contributed by atoms with Crippen molar-refractivity contribution in [3.63, 3.8) is 0 Å². The molecule has 184 valence electrons. The van der Waals surface area contributed by atoms with E-state index in [1.54, 1.807) is 12.1 Å². The fourth-order valence-corrected chi connectivity index (χ4v) is 3.76. The minimum Gasteiger partial charge on any atom is -0.480 e. The molecule has 0 spiro atoms. The monoisotopic (exact) mass is 518 g/mol.